The summed E-state index contributed by atoms with van der Waals surface area (Å²) >= 11 is 0. The van der Waals surface area contributed by atoms with Gasteiger partial charge in [0.05, 0.1) is 12.2 Å². The summed E-state index contributed by atoms with van der Waals surface area (Å²) in [4.78, 5) is 0. The summed E-state index contributed by atoms with van der Waals surface area (Å²) in [6.45, 7) is 0.871. The van der Waals surface area contributed by atoms with Gasteiger partial charge in [0.1, 0.15) is 0 Å². The average Bonchev–Trinajstić information content (AvgIpc) is 2.31. The highest BCUT2D eigenvalue weighted by Gasteiger charge is 2.24. The zero-order valence-electron chi connectivity index (χ0n) is 9.79. The Balaban J connectivity index is 1.67. The van der Waals surface area contributed by atoms with Gasteiger partial charge < -0.3 is 10.5 Å². The summed E-state index contributed by atoms with van der Waals surface area (Å²) in [5, 5.41) is 0. The molecular formula is C13H25NO. The van der Waals surface area contributed by atoms with Gasteiger partial charge in [-0.2, -0.15) is 0 Å². The van der Waals surface area contributed by atoms with Crippen LogP contribution in [0.25, 0.3) is 0 Å². The third-order valence-corrected chi connectivity index (χ3v) is 4.06. The minimum Gasteiger partial charge on any atom is -0.375 e. The molecule has 2 aliphatic carbocycles. The highest BCUT2D eigenvalue weighted by Crippen LogP contribution is 2.29. The molecule has 0 aromatic carbocycles. The molecule has 0 bridgehead atoms. The third kappa shape index (κ3) is 3.46. The fourth-order valence-corrected chi connectivity index (χ4v) is 2.98. The van der Waals surface area contributed by atoms with Gasteiger partial charge in [-0.1, -0.05) is 19.3 Å². The van der Waals surface area contributed by atoms with Crippen molar-refractivity contribution < 1.29 is 4.74 Å². The van der Waals surface area contributed by atoms with Crippen molar-refractivity contribution in [3.63, 3.8) is 0 Å². The van der Waals surface area contributed by atoms with Crippen molar-refractivity contribution in [3.05, 3.63) is 0 Å². The molecule has 0 aromatic heterocycles. The van der Waals surface area contributed by atoms with Crippen molar-refractivity contribution in [1.82, 2.24) is 0 Å². The lowest BCUT2D eigenvalue weighted by molar-refractivity contribution is -0.0503. The van der Waals surface area contributed by atoms with E-state index in [-0.39, 0.29) is 0 Å². The second-order valence-electron chi connectivity index (χ2n) is 5.27. The van der Waals surface area contributed by atoms with Crippen LogP contribution < -0.4 is 5.73 Å². The van der Waals surface area contributed by atoms with E-state index < -0.39 is 0 Å². The smallest absolute Gasteiger partial charge is 0.0579 e. The van der Waals surface area contributed by atoms with Crippen molar-refractivity contribution in [1.29, 1.82) is 0 Å². The summed E-state index contributed by atoms with van der Waals surface area (Å²) in [7, 11) is 0. The van der Waals surface area contributed by atoms with Crippen LogP contribution in [0.4, 0.5) is 0 Å². The zero-order valence-corrected chi connectivity index (χ0v) is 9.79. The second-order valence-corrected chi connectivity index (χ2v) is 5.27. The molecule has 0 heterocycles. The van der Waals surface area contributed by atoms with Gasteiger partial charge in [0.25, 0.3) is 0 Å². The summed E-state index contributed by atoms with van der Waals surface area (Å²) in [6.07, 6.45) is 13.0. The first-order valence-electron chi connectivity index (χ1n) is 6.74. The quantitative estimate of drug-likeness (QED) is 0.779. The number of nitrogens with two attached hydrogens (primary N) is 1. The van der Waals surface area contributed by atoms with E-state index in [0.717, 1.165) is 12.5 Å². The van der Waals surface area contributed by atoms with Crippen molar-refractivity contribution >= 4 is 0 Å². The molecule has 0 unspecified atom stereocenters. The van der Waals surface area contributed by atoms with Gasteiger partial charge in [0, 0.05) is 0 Å². The van der Waals surface area contributed by atoms with Crippen LogP contribution in [0.5, 0.6) is 0 Å². The van der Waals surface area contributed by atoms with E-state index >= 15 is 0 Å². The molecule has 2 N–H and O–H groups in total. The number of rotatable bonds is 3. The van der Waals surface area contributed by atoms with Crippen LogP contribution in [0.3, 0.4) is 0 Å². The monoisotopic (exact) mass is 211 g/mol. The Morgan fingerprint density at radius 2 is 1.40 bits per heavy atom. The van der Waals surface area contributed by atoms with E-state index in [4.69, 9.17) is 10.5 Å². The molecule has 0 atom stereocenters. The van der Waals surface area contributed by atoms with Gasteiger partial charge >= 0.3 is 0 Å². The zero-order chi connectivity index (χ0) is 10.5. The number of ether oxygens (including phenoxy) is 1. The number of hydrogen-bond donors (Lipinski definition) is 1. The molecule has 0 spiro atoms. The first kappa shape index (κ1) is 11.4. The van der Waals surface area contributed by atoms with Crippen LogP contribution in [0.2, 0.25) is 0 Å². The van der Waals surface area contributed by atoms with E-state index in [0.29, 0.717) is 12.2 Å². The molecule has 2 nitrogen and oxygen atoms in total. The second kappa shape index (κ2) is 5.86. The molecule has 15 heavy (non-hydrogen) atoms. The SMILES string of the molecule is NCC1CCC(OC2CCCCC2)CC1. The standard InChI is InChI=1S/C13H25NO/c14-10-11-6-8-13(9-7-11)15-12-4-2-1-3-5-12/h11-13H,1-10,14H2. The highest BCUT2D eigenvalue weighted by atomic mass is 16.5. The lowest BCUT2D eigenvalue weighted by atomic mass is 9.87. The molecule has 0 radical (unpaired) electrons. The van der Waals surface area contributed by atoms with Gasteiger partial charge in [0.15, 0.2) is 0 Å². The van der Waals surface area contributed by atoms with Crippen molar-refractivity contribution in [3.8, 4) is 0 Å². The molecule has 0 saturated heterocycles. The van der Waals surface area contributed by atoms with Crippen molar-refractivity contribution in [2.45, 2.75) is 70.0 Å². The van der Waals surface area contributed by atoms with E-state index in [1.54, 1.807) is 0 Å². The number of hydrogen-bond acceptors (Lipinski definition) is 2. The van der Waals surface area contributed by atoms with Crippen LogP contribution in [0.1, 0.15) is 57.8 Å². The van der Waals surface area contributed by atoms with Crippen LogP contribution in [-0.4, -0.2) is 18.8 Å². The maximum Gasteiger partial charge on any atom is 0.0579 e. The van der Waals surface area contributed by atoms with Gasteiger partial charge in [-0.05, 0) is 51.0 Å². The minimum atomic E-state index is 0.552. The maximum atomic E-state index is 6.18. The molecule has 0 aliphatic heterocycles. The van der Waals surface area contributed by atoms with E-state index in [1.807, 2.05) is 0 Å². The summed E-state index contributed by atoms with van der Waals surface area (Å²) in [5.74, 6) is 0.774. The Kier molecular flexibility index (Phi) is 4.45. The normalized spacial score (nSPS) is 34.2. The van der Waals surface area contributed by atoms with Crippen LogP contribution >= 0.6 is 0 Å². The van der Waals surface area contributed by atoms with Crippen molar-refractivity contribution in [2.75, 3.05) is 6.54 Å². The summed E-state index contributed by atoms with van der Waals surface area (Å²) in [6, 6.07) is 0. The molecule has 2 fully saturated rings. The first-order valence-corrected chi connectivity index (χ1v) is 6.74. The van der Waals surface area contributed by atoms with Crippen LogP contribution in [0, 0.1) is 5.92 Å². The molecule has 0 amide bonds. The van der Waals surface area contributed by atoms with E-state index in [9.17, 15) is 0 Å². The minimum absolute atomic E-state index is 0.552. The molecule has 2 saturated carbocycles. The van der Waals surface area contributed by atoms with E-state index in [2.05, 4.69) is 0 Å². The van der Waals surface area contributed by atoms with Gasteiger partial charge in [-0.3, -0.25) is 0 Å². The summed E-state index contributed by atoms with van der Waals surface area (Å²) in [5.41, 5.74) is 5.69. The molecule has 2 heteroatoms. The topological polar surface area (TPSA) is 35.2 Å². The molecule has 88 valence electrons. The maximum absolute atomic E-state index is 6.18. The largest absolute Gasteiger partial charge is 0.375 e. The lowest BCUT2D eigenvalue weighted by Crippen LogP contribution is -2.30. The van der Waals surface area contributed by atoms with Gasteiger partial charge in [-0.25, -0.2) is 0 Å². The van der Waals surface area contributed by atoms with Gasteiger partial charge in [-0.15, -0.1) is 0 Å². The van der Waals surface area contributed by atoms with Gasteiger partial charge in [0.2, 0.25) is 0 Å². The summed E-state index contributed by atoms with van der Waals surface area (Å²) < 4.78 is 6.18. The highest BCUT2D eigenvalue weighted by molar-refractivity contribution is 4.75. The Morgan fingerprint density at radius 1 is 0.800 bits per heavy atom. The molecular weight excluding hydrogens is 186 g/mol. The first-order chi connectivity index (χ1) is 7.38. The van der Waals surface area contributed by atoms with Crippen LogP contribution in [0.15, 0.2) is 0 Å². The predicted octanol–water partition coefficient (Wildman–Crippen LogP) is 2.85. The average molecular weight is 211 g/mol. The molecule has 2 rings (SSSR count). The Morgan fingerprint density at radius 3 is 2.00 bits per heavy atom. The lowest BCUT2D eigenvalue weighted by Gasteiger charge is -2.32. The fraction of sp³-hybridized carbons (Fsp3) is 1.00. The predicted molar refractivity (Wildman–Crippen MR) is 62.8 cm³/mol. The fourth-order valence-electron chi connectivity index (χ4n) is 2.98. The Bertz CT molecular complexity index is 169. The van der Waals surface area contributed by atoms with Crippen molar-refractivity contribution in [2.24, 2.45) is 11.7 Å². The van der Waals surface area contributed by atoms with Crippen LogP contribution in [-0.2, 0) is 4.74 Å². The third-order valence-electron chi connectivity index (χ3n) is 4.06. The Hall–Kier alpha value is -0.0800. The Labute approximate surface area is 93.6 Å². The molecule has 0 aromatic rings. The van der Waals surface area contributed by atoms with E-state index in [1.165, 1.54) is 57.8 Å². The molecule has 2 aliphatic rings.